The number of aryl methyl sites for hydroxylation is 1. The van der Waals surface area contributed by atoms with E-state index in [9.17, 15) is 4.79 Å². The number of hydrogen-bond acceptors (Lipinski definition) is 1. The second-order valence-corrected chi connectivity index (χ2v) is 7.63. The molecule has 2 aliphatic carbocycles. The number of anilines is 1. The van der Waals surface area contributed by atoms with Crippen molar-refractivity contribution in [1.29, 1.82) is 0 Å². The average Bonchev–Trinajstić information content (AvgIpc) is 2.74. The van der Waals surface area contributed by atoms with Crippen molar-refractivity contribution in [1.82, 2.24) is 5.32 Å². The van der Waals surface area contributed by atoms with Gasteiger partial charge in [-0.05, 0) is 55.1 Å². The molecule has 3 nitrogen and oxygen atoms in total. The summed E-state index contributed by atoms with van der Waals surface area (Å²) in [5, 5.41) is 6.17. The lowest BCUT2D eigenvalue weighted by atomic mass is 9.69. The molecule has 0 spiro atoms. The molecule has 2 aliphatic rings. The molecule has 0 aliphatic heterocycles. The van der Waals surface area contributed by atoms with Gasteiger partial charge in [-0.3, -0.25) is 0 Å². The third kappa shape index (κ3) is 2.23. The van der Waals surface area contributed by atoms with Crippen LogP contribution in [0.4, 0.5) is 10.5 Å². The van der Waals surface area contributed by atoms with Gasteiger partial charge in [0, 0.05) is 11.7 Å². The van der Waals surface area contributed by atoms with Crippen LogP contribution in [-0.2, 0) is 0 Å². The Kier molecular flexibility index (Phi) is 3.27. The Morgan fingerprint density at radius 2 is 1.86 bits per heavy atom. The highest BCUT2D eigenvalue weighted by Crippen LogP contribution is 2.65. The van der Waals surface area contributed by atoms with E-state index >= 15 is 0 Å². The molecule has 3 heteroatoms. The Morgan fingerprint density at radius 1 is 1.19 bits per heavy atom. The molecule has 2 saturated carbocycles. The summed E-state index contributed by atoms with van der Waals surface area (Å²) in [5.41, 5.74) is 2.60. The zero-order chi connectivity index (χ0) is 15.3. The van der Waals surface area contributed by atoms with Gasteiger partial charge in [-0.2, -0.15) is 0 Å². The van der Waals surface area contributed by atoms with E-state index in [0.29, 0.717) is 5.41 Å². The second-order valence-electron chi connectivity index (χ2n) is 7.63. The quantitative estimate of drug-likeness (QED) is 0.834. The Morgan fingerprint density at radius 3 is 2.38 bits per heavy atom. The number of hydrogen-bond donors (Lipinski definition) is 2. The Bertz CT molecular complexity index is 549. The molecule has 3 rings (SSSR count). The summed E-state index contributed by atoms with van der Waals surface area (Å²) >= 11 is 0. The highest BCUT2D eigenvalue weighted by atomic mass is 16.2. The molecule has 3 atom stereocenters. The van der Waals surface area contributed by atoms with Gasteiger partial charge in [-0.1, -0.05) is 38.5 Å². The van der Waals surface area contributed by atoms with Crippen LogP contribution in [0.15, 0.2) is 24.3 Å². The molecule has 114 valence electrons. The number of fused-ring (bicyclic) bond motifs is 2. The topological polar surface area (TPSA) is 41.1 Å². The van der Waals surface area contributed by atoms with E-state index in [1.54, 1.807) is 0 Å². The third-order valence-corrected chi connectivity index (χ3v) is 6.41. The maximum Gasteiger partial charge on any atom is 0.319 e. The third-order valence-electron chi connectivity index (χ3n) is 6.41. The minimum atomic E-state index is -0.0755. The maximum atomic E-state index is 12.3. The largest absolute Gasteiger partial charge is 0.335 e. The van der Waals surface area contributed by atoms with Crippen molar-refractivity contribution < 1.29 is 4.79 Å². The van der Waals surface area contributed by atoms with Gasteiger partial charge in [-0.25, -0.2) is 4.79 Å². The fourth-order valence-electron chi connectivity index (χ4n) is 4.38. The van der Waals surface area contributed by atoms with E-state index in [4.69, 9.17) is 0 Å². The van der Waals surface area contributed by atoms with Crippen LogP contribution in [0, 0.1) is 23.7 Å². The van der Waals surface area contributed by atoms with Gasteiger partial charge in [-0.15, -0.1) is 0 Å². The van der Waals surface area contributed by atoms with Crippen molar-refractivity contribution in [2.24, 2.45) is 16.7 Å². The second kappa shape index (κ2) is 4.75. The first-order valence-electron chi connectivity index (χ1n) is 7.97. The van der Waals surface area contributed by atoms with Crippen molar-refractivity contribution in [2.45, 2.75) is 53.0 Å². The molecule has 2 bridgehead atoms. The van der Waals surface area contributed by atoms with E-state index in [0.717, 1.165) is 18.0 Å². The number of urea groups is 1. The van der Waals surface area contributed by atoms with E-state index in [-0.39, 0.29) is 17.5 Å². The van der Waals surface area contributed by atoms with Gasteiger partial charge in [0.1, 0.15) is 0 Å². The number of carbonyl (C=O) groups excluding carboxylic acids is 1. The van der Waals surface area contributed by atoms with Crippen molar-refractivity contribution in [3.8, 4) is 0 Å². The molecule has 2 amide bonds. The number of amides is 2. The maximum absolute atomic E-state index is 12.3. The molecular formula is C18H26N2O. The van der Waals surface area contributed by atoms with E-state index in [1.807, 2.05) is 31.2 Å². The number of nitrogens with one attached hydrogen (secondary N) is 2. The lowest BCUT2D eigenvalue weighted by Crippen LogP contribution is -2.48. The Balaban J connectivity index is 1.65. The van der Waals surface area contributed by atoms with Gasteiger partial charge in [0.2, 0.25) is 0 Å². The smallest absolute Gasteiger partial charge is 0.319 e. The first-order chi connectivity index (χ1) is 9.83. The Labute approximate surface area is 127 Å². The van der Waals surface area contributed by atoms with Crippen LogP contribution in [0.3, 0.4) is 0 Å². The lowest BCUT2D eigenvalue weighted by Gasteiger charge is -2.39. The Hall–Kier alpha value is -1.51. The fourth-order valence-corrected chi connectivity index (χ4v) is 4.38. The average molecular weight is 286 g/mol. The van der Waals surface area contributed by atoms with E-state index in [2.05, 4.69) is 31.4 Å². The molecule has 21 heavy (non-hydrogen) atoms. The summed E-state index contributed by atoms with van der Waals surface area (Å²) < 4.78 is 0. The predicted octanol–water partition coefficient (Wildman–Crippen LogP) is 4.33. The van der Waals surface area contributed by atoms with E-state index in [1.165, 1.54) is 18.4 Å². The summed E-state index contributed by atoms with van der Waals surface area (Å²) in [7, 11) is 0. The zero-order valence-corrected chi connectivity index (χ0v) is 13.5. The van der Waals surface area contributed by atoms with Crippen LogP contribution < -0.4 is 10.6 Å². The molecule has 3 unspecified atom stereocenters. The highest BCUT2D eigenvalue weighted by molar-refractivity contribution is 5.89. The first kappa shape index (κ1) is 14.4. The summed E-state index contributed by atoms with van der Waals surface area (Å²) in [5.74, 6) is 0.743. The molecule has 0 aromatic heterocycles. The molecular weight excluding hydrogens is 260 g/mol. The molecule has 0 radical (unpaired) electrons. The fraction of sp³-hybridized carbons (Fsp3) is 0.611. The highest BCUT2D eigenvalue weighted by Gasteiger charge is 2.61. The molecule has 1 aromatic carbocycles. The summed E-state index contributed by atoms with van der Waals surface area (Å²) in [4.78, 5) is 12.3. The molecule has 2 fully saturated rings. The SMILES string of the molecule is Cc1ccc(NC(=O)NC2CC3CCC2(C)C3(C)C)cc1. The number of rotatable bonds is 2. The van der Waals surface area contributed by atoms with Crippen LogP contribution in [0.1, 0.15) is 45.6 Å². The minimum absolute atomic E-state index is 0.0755. The standard InChI is InChI=1S/C18H26N2O/c1-12-5-7-14(8-6-12)19-16(21)20-15-11-13-9-10-18(15,4)17(13,2)3/h5-8,13,15H,9-11H2,1-4H3,(H2,19,20,21). The van der Waals surface area contributed by atoms with Gasteiger partial charge >= 0.3 is 6.03 Å². The van der Waals surface area contributed by atoms with Crippen molar-refractivity contribution >= 4 is 11.7 Å². The molecule has 1 aromatic rings. The summed E-state index contributed by atoms with van der Waals surface area (Å²) in [6.07, 6.45) is 3.65. The van der Waals surface area contributed by atoms with Crippen LogP contribution in [0.5, 0.6) is 0 Å². The van der Waals surface area contributed by atoms with Gasteiger partial charge in [0.15, 0.2) is 0 Å². The van der Waals surface area contributed by atoms with Crippen molar-refractivity contribution in [2.75, 3.05) is 5.32 Å². The first-order valence-corrected chi connectivity index (χ1v) is 7.97. The molecule has 0 heterocycles. The molecule has 2 N–H and O–H groups in total. The van der Waals surface area contributed by atoms with Crippen LogP contribution in [0.2, 0.25) is 0 Å². The monoisotopic (exact) mass is 286 g/mol. The lowest BCUT2D eigenvalue weighted by molar-refractivity contribution is 0.125. The molecule has 0 saturated heterocycles. The normalized spacial score (nSPS) is 33.0. The van der Waals surface area contributed by atoms with Crippen LogP contribution >= 0.6 is 0 Å². The predicted molar refractivity (Wildman–Crippen MR) is 86.4 cm³/mol. The van der Waals surface area contributed by atoms with Crippen LogP contribution in [0.25, 0.3) is 0 Å². The summed E-state index contributed by atoms with van der Waals surface area (Å²) in [6, 6.07) is 8.13. The van der Waals surface area contributed by atoms with E-state index < -0.39 is 0 Å². The van der Waals surface area contributed by atoms with Crippen molar-refractivity contribution in [3.05, 3.63) is 29.8 Å². The number of carbonyl (C=O) groups is 1. The summed E-state index contributed by atoms with van der Waals surface area (Å²) in [6.45, 7) is 9.12. The van der Waals surface area contributed by atoms with Crippen LogP contribution in [-0.4, -0.2) is 12.1 Å². The zero-order valence-electron chi connectivity index (χ0n) is 13.5. The number of benzene rings is 1. The van der Waals surface area contributed by atoms with Gasteiger partial charge < -0.3 is 10.6 Å². The van der Waals surface area contributed by atoms with Gasteiger partial charge in [0.25, 0.3) is 0 Å². The van der Waals surface area contributed by atoms with Gasteiger partial charge in [0.05, 0.1) is 0 Å². The minimum Gasteiger partial charge on any atom is -0.335 e. The van der Waals surface area contributed by atoms with Crippen molar-refractivity contribution in [3.63, 3.8) is 0 Å².